The average Bonchev–Trinajstić information content (AvgIpc) is 2.76. The van der Waals surface area contributed by atoms with E-state index in [0.29, 0.717) is 10.8 Å². The first-order chi connectivity index (χ1) is 9.86. The zero-order chi connectivity index (χ0) is 15.7. The normalized spacial score (nSPS) is 14.5. The third-order valence-electron chi connectivity index (χ3n) is 3.23. The lowest BCUT2D eigenvalue weighted by Crippen LogP contribution is -2.33. The van der Waals surface area contributed by atoms with Crippen LogP contribution in [0.2, 0.25) is 0 Å². The largest absolute Gasteiger partial charge is 0.490 e. The van der Waals surface area contributed by atoms with Crippen molar-refractivity contribution in [1.82, 2.24) is 9.63 Å². The minimum absolute atomic E-state index is 0.00116. The van der Waals surface area contributed by atoms with Gasteiger partial charge in [-0.2, -0.15) is 0 Å². The smallest absolute Gasteiger partial charge is 0.367 e. The van der Waals surface area contributed by atoms with Crippen LogP contribution in [-0.4, -0.2) is 34.5 Å². The fourth-order valence-electron chi connectivity index (χ4n) is 1.94. The Balaban J connectivity index is 2.38. The van der Waals surface area contributed by atoms with Gasteiger partial charge < -0.3 is 14.1 Å². The van der Waals surface area contributed by atoms with E-state index in [1.807, 2.05) is 0 Å². The molecule has 0 saturated carbocycles. The van der Waals surface area contributed by atoms with Crippen LogP contribution in [0.4, 0.5) is 0 Å². The Morgan fingerprint density at radius 1 is 1.19 bits per heavy atom. The third kappa shape index (κ3) is 2.51. The molecule has 1 aliphatic heterocycles. The molecule has 0 bridgehead atoms. The van der Waals surface area contributed by atoms with Gasteiger partial charge in [0.15, 0.2) is 5.75 Å². The molecule has 1 aliphatic rings. The van der Waals surface area contributed by atoms with E-state index in [1.165, 1.54) is 24.8 Å². The molecule has 0 spiro atoms. The number of aromatic nitrogens is 1. The molecule has 1 fully saturated rings. The molecule has 8 heteroatoms. The summed E-state index contributed by atoms with van der Waals surface area (Å²) in [5, 5.41) is 0.425. The lowest BCUT2D eigenvalue weighted by atomic mass is 10.2. The molecular weight excluding hydrogens is 280 g/mol. The molecule has 2 heterocycles. The van der Waals surface area contributed by atoms with Crippen molar-refractivity contribution in [3.8, 4) is 5.75 Å². The molecule has 1 aromatic rings. The Morgan fingerprint density at radius 3 is 2.29 bits per heavy atom. The molecule has 8 nitrogen and oxygen atoms in total. The van der Waals surface area contributed by atoms with Gasteiger partial charge in [-0.3, -0.25) is 14.4 Å². The van der Waals surface area contributed by atoms with Crippen molar-refractivity contribution in [3.63, 3.8) is 0 Å². The van der Waals surface area contributed by atoms with Gasteiger partial charge >= 0.3 is 5.97 Å². The Kier molecular flexibility index (Phi) is 3.79. The van der Waals surface area contributed by atoms with E-state index in [0.717, 1.165) is 0 Å². The summed E-state index contributed by atoms with van der Waals surface area (Å²) in [6, 6.07) is 1.40. The number of hydrogen-bond donors (Lipinski definition) is 0. The lowest BCUT2D eigenvalue weighted by molar-refractivity contribution is -0.172. The first kappa shape index (κ1) is 14.8. The van der Waals surface area contributed by atoms with Crippen LogP contribution < -0.4 is 10.3 Å². The van der Waals surface area contributed by atoms with Crippen LogP contribution in [0.25, 0.3) is 0 Å². The van der Waals surface area contributed by atoms with E-state index in [-0.39, 0.29) is 24.2 Å². The zero-order valence-electron chi connectivity index (χ0n) is 11.8. The summed E-state index contributed by atoms with van der Waals surface area (Å²) in [4.78, 5) is 51.7. The van der Waals surface area contributed by atoms with Crippen molar-refractivity contribution in [3.05, 3.63) is 27.7 Å². The van der Waals surface area contributed by atoms with E-state index in [4.69, 9.17) is 9.57 Å². The second-order valence-electron chi connectivity index (χ2n) is 4.56. The van der Waals surface area contributed by atoms with Gasteiger partial charge in [0.25, 0.3) is 17.4 Å². The van der Waals surface area contributed by atoms with E-state index in [1.54, 1.807) is 6.92 Å². The number of pyridine rings is 1. The quantitative estimate of drug-likeness (QED) is 0.724. The maximum Gasteiger partial charge on any atom is 0.367 e. The lowest BCUT2D eigenvalue weighted by Gasteiger charge is -2.15. The van der Waals surface area contributed by atoms with Crippen LogP contribution in [-0.2, 0) is 21.5 Å². The van der Waals surface area contributed by atoms with E-state index in [9.17, 15) is 19.2 Å². The summed E-state index contributed by atoms with van der Waals surface area (Å²) in [6.07, 6.45) is -0.00232. The first-order valence-electron chi connectivity index (χ1n) is 6.19. The number of imide groups is 1. The molecule has 2 amide bonds. The number of hydrogen-bond acceptors (Lipinski definition) is 6. The van der Waals surface area contributed by atoms with Crippen LogP contribution in [0.5, 0.6) is 5.75 Å². The molecule has 0 atom stereocenters. The Morgan fingerprint density at radius 2 is 1.76 bits per heavy atom. The Labute approximate surface area is 119 Å². The van der Waals surface area contributed by atoms with Gasteiger partial charge in [0.2, 0.25) is 0 Å². The van der Waals surface area contributed by atoms with Crippen molar-refractivity contribution in [2.75, 3.05) is 7.11 Å². The number of carbonyl (C=O) groups is 3. The highest BCUT2D eigenvalue weighted by atomic mass is 16.7. The SMILES string of the molecule is COc1c(C(=O)ON2C(=O)CCC2=O)cc(C)n(C)c1=O. The van der Waals surface area contributed by atoms with E-state index in [2.05, 4.69) is 0 Å². The standard InChI is InChI=1S/C13H14N2O6/c1-7-6-8(11(20-3)12(18)14(7)2)13(19)21-15-9(16)4-5-10(15)17/h6H,4-5H2,1-3H3. The van der Waals surface area contributed by atoms with Gasteiger partial charge in [0.1, 0.15) is 5.56 Å². The van der Waals surface area contributed by atoms with Crippen molar-refractivity contribution in [2.45, 2.75) is 19.8 Å². The van der Waals surface area contributed by atoms with Gasteiger partial charge in [-0.1, -0.05) is 0 Å². The second-order valence-corrected chi connectivity index (χ2v) is 4.56. The van der Waals surface area contributed by atoms with Gasteiger partial charge in [-0.25, -0.2) is 4.79 Å². The first-order valence-corrected chi connectivity index (χ1v) is 6.19. The van der Waals surface area contributed by atoms with Gasteiger partial charge in [-0.15, -0.1) is 5.06 Å². The molecule has 0 radical (unpaired) electrons. The van der Waals surface area contributed by atoms with Crippen molar-refractivity contribution in [1.29, 1.82) is 0 Å². The summed E-state index contributed by atoms with van der Waals surface area (Å²) < 4.78 is 6.24. The molecule has 0 N–H and O–H groups in total. The maximum absolute atomic E-state index is 12.1. The number of carbonyl (C=O) groups excluding carboxylic acids is 3. The van der Waals surface area contributed by atoms with Crippen molar-refractivity contribution in [2.24, 2.45) is 7.05 Å². The second kappa shape index (κ2) is 5.39. The monoisotopic (exact) mass is 294 g/mol. The molecular formula is C13H14N2O6. The summed E-state index contributed by atoms with van der Waals surface area (Å²) in [5.74, 6) is -2.37. The zero-order valence-corrected chi connectivity index (χ0v) is 11.8. The average molecular weight is 294 g/mol. The number of methoxy groups -OCH3 is 1. The van der Waals surface area contributed by atoms with Crippen molar-refractivity contribution >= 4 is 17.8 Å². The van der Waals surface area contributed by atoms with Crippen LogP contribution in [0.3, 0.4) is 0 Å². The number of hydroxylamine groups is 2. The van der Waals surface area contributed by atoms with Crippen LogP contribution in [0, 0.1) is 6.92 Å². The van der Waals surface area contributed by atoms with Crippen LogP contribution >= 0.6 is 0 Å². The predicted molar refractivity (Wildman–Crippen MR) is 69.5 cm³/mol. The topological polar surface area (TPSA) is 94.9 Å². The third-order valence-corrected chi connectivity index (χ3v) is 3.23. The van der Waals surface area contributed by atoms with E-state index >= 15 is 0 Å². The van der Waals surface area contributed by atoms with Gasteiger partial charge in [-0.05, 0) is 13.0 Å². The van der Waals surface area contributed by atoms with Gasteiger partial charge in [0, 0.05) is 25.6 Å². The highest BCUT2D eigenvalue weighted by molar-refractivity contribution is 6.03. The number of nitrogens with zero attached hydrogens (tertiary/aromatic N) is 2. The highest BCUT2D eigenvalue weighted by Gasteiger charge is 2.34. The number of ether oxygens (including phenoxy) is 1. The molecule has 0 aromatic carbocycles. The predicted octanol–water partition coefficient (Wildman–Crippen LogP) is -0.0769. The van der Waals surface area contributed by atoms with E-state index < -0.39 is 23.3 Å². The van der Waals surface area contributed by atoms with Gasteiger partial charge in [0.05, 0.1) is 7.11 Å². The van der Waals surface area contributed by atoms with Crippen LogP contribution in [0.1, 0.15) is 28.9 Å². The summed E-state index contributed by atoms with van der Waals surface area (Å²) in [5.41, 5.74) is -0.138. The Hall–Kier alpha value is -2.64. The maximum atomic E-state index is 12.1. The summed E-state index contributed by atoms with van der Waals surface area (Å²) in [6.45, 7) is 1.63. The molecule has 1 aromatic heterocycles. The molecule has 2 rings (SSSR count). The highest BCUT2D eigenvalue weighted by Crippen LogP contribution is 2.19. The fraction of sp³-hybridized carbons (Fsp3) is 0.385. The van der Waals surface area contributed by atoms with Crippen LogP contribution in [0.15, 0.2) is 10.9 Å². The number of aryl methyl sites for hydroxylation is 1. The summed E-state index contributed by atoms with van der Waals surface area (Å²) in [7, 11) is 2.78. The molecule has 21 heavy (non-hydrogen) atoms. The summed E-state index contributed by atoms with van der Waals surface area (Å²) >= 11 is 0. The molecule has 112 valence electrons. The number of rotatable bonds is 3. The van der Waals surface area contributed by atoms with Crippen molar-refractivity contribution < 1.29 is 24.0 Å². The fourth-order valence-corrected chi connectivity index (χ4v) is 1.94. The molecule has 1 saturated heterocycles. The Bertz CT molecular complexity index is 675. The number of amides is 2. The minimum Gasteiger partial charge on any atom is -0.490 e. The molecule has 0 aliphatic carbocycles. The molecule has 0 unspecified atom stereocenters. The minimum atomic E-state index is -0.990.